The lowest BCUT2D eigenvalue weighted by molar-refractivity contribution is 0.0988. The molecule has 1 aromatic heterocycles. The molecule has 1 atom stereocenters. The highest BCUT2D eigenvalue weighted by molar-refractivity contribution is 7.85. The number of hydrogen-bond acceptors (Lipinski definition) is 4. The van der Waals surface area contributed by atoms with Crippen LogP contribution >= 0.6 is 0 Å². The van der Waals surface area contributed by atoms with Crippen LogP contribution in [-0.2, 0) is 17.3 Å². The molecule has 0 fully saturated rings. The van der Waals surface area contributed by atoms with E-state index in [1.165, 1.54) is 9.47 Å². The predicted molar refractivity (Wildman–Crippen MR) is 100 cm³/mol. The monoisotopic (exact) mass is 368 g/mol. The second-order valence-electron chi connectivity index (χ2n) is 6.08. The van der Waals surface area contributed by atoms with Crippen molar-refractivity contribution in [1.29, 1.82) is 0 Å². The lowest BCUT2D eigenvalue weighted by atomic mass is 10.1. The fourth-order valence-corrected chi connectivity index (χ4v) is 4.51. The van der Waals surface area contributed by atoms with Crippen LogP contribution < -0.4 is 10.5 Å². The topological polar surface area (TPSA) is 79.6 Å². The second-order valence-corrected chi connectivity index (χ2v) is 7.62. The molecular formula is C19H16N2O4S. The van der Waals surface area contributed by atoms with Crippen molar-refractivity contribution >= 4 is 33.3 Å². The molecule has 26 heavy (non-hydrogen) atoms. The van der Waals surface area contributed by atoms with Gasteiger partial charge in [0.2, 0.25) is 0 Å². The number of benzene rings is 2. The molecule has 0 saturated heterocycles. The zero-order valence-electron chi connectivity index (χ0n) is 14.0. The Morgan fingerprint density at radius 3 is 2.62 bits per heavy atom. The first-order valence-electron chi connectivity index (χ1n) is 8.10. The Morgan fingerprint density at radius 1 is 1.15 bits per heavy atom. The van der Waals surface area contributed by atoms with Crippen molar-refractivity contribution in [2.75, 3.05) is 17.7 Å². The molecule has 0 radical (unpaired) electrons. The summed E-state index contributed by atoms with van der Waals surface area (Å²) in [5, 5.41) is 11.1. The maximum atomic E-state index is 13.0. The smallest absolute Gasteiger partial charge is 0.267 e. The number of aromatic hydroxyl groups is 1. The number of pyridine rings is 1. The fraction of sp³-hybridized carbons (Fsp3) is 0.158. The minimum atomic E-state index is -1.23. The van der Waals surface area contributed by atoms with E-state index < -0.39 is 22.3 Å². The summed E-state index contributed by atoms with van der Waals surface area (Å²) in [4.78, 5) is 27.8. The molecule has 1 aliphatic rings. The highest BCUT2D eigenvalue weighted by Gasteiger charge is 2.29. The van der Waals surface area contributed by atoms with Gasteiger partial charge in [0, 0.05) is 30.4 Å². The Labute approximate surface area is 151 Å². The molecule has 1 amide bonds. The van der Waals surface area contributed by atoms with Gasteiger partial charge in [-0.15, -0.1) is 0 Å². The summed E-state index contributed by atoms with van der Waals surface area (Å²) < 4.78 is 13.7. The maximum absolute atomic E-state index is 13.0. The number of nitrogens with zero attached hydrogens (tertiary/aromatic N) is 2. The third kappa shape index (κ3) is 2.35. The van der Waals surface area contributed by atoms with E-state index in [9.17, 15) is 18.9 Å². The number of carbonyl (C=O) groups is 1. The summed E-state index contributed by atoms with van der Waals surface area (Å²) in [7, 11) is 0.331. The number of rotatable bonds is 2. The molecule has 1 aliphatic heterocycles. The molecule has 3 aromatic rings. The predicted octanol–water partition coefficient (Wildman–Crippen LogP) is 2.10. The van der Waals surface area contributed by atoms with Crippen LogP contribution in [0.15, 0.2) is 58.2 Å². The summed E-state index contributed by atoms with van der Waals surface area (Å²) in [6.45, 7) is 0.245. The summed E-state index contributed by atoms with van der Waals surface area (Å²) in [6, 6.07) is 13.9. The van der Waals surface area contributed by atoms with E-state index in [-0.39, 0.29) is 17.9 Å². The van der Waals surface area contributed by atoms with Crippen molar-refractivity contribution in [1.82, 2.24) is 4.57 Å². The Kier molecular flexibility index (Phi) is 3.88. The maximum Gasteiger partial charge on any atom is 0.267 e. The minimum Gasteiger partial charge on any atom is -0.506 e. The van der Waals surface area contributed by atoms with Crippen molar-refractivity contribution < 1.29 is 14.1 Å². The zero-order chi connectivity index (χ0) is 18.4. The van der Waals surface area contributed by atoms with Gasteiger partial charge < -0.3 is 14.6 Å². The first-order chi connectivity index (χ1) is 12.5. The fourth-order valence-electron chi connectivity index (χ4n) is 3.27. The Bertz CT molecular complexity index is 1120. The first kappa shape index (κ1) is 16.5. The number of hydrogen-bond donors (Lipinski definition) is 1. The van der Waals surface area contributed by atoms with Crippen LogP contribution in [0.4, 0.5) is 5.69 Å². The number of aromatic nitrogens is 1. The quantitative estimate of drug-likeness (QED) is 0.751. The van der Waals surface area contributed by atoms with Crippen molar-refractivity contribution in [3.8, 4) is 5.75 Å². The third-order valence-corrected chi connectivity index (χ3v) is 6.00. The van der Waals surface area contributed by atoms with Crippen LogP contribution in [0, 0.1) is 0 Å². The Morgan fingerprint density at radius 2 is 1.88 bits per heavy atom. The van der Waals surface area contributed by atoms with Crippen LogP contribution in [-0.4, -0.2) is 32.6 Å². The average Bonchev–Trinajstić information content (AvgIpc) is 2.67. The van der Waals surface area contributed by atoms with Gasteiger partial charge in [0.1, 0.15) is 11.3 Å². The van der Waals surface area contributed by atoms with Crippen LogP contribution in [0.2, 0.25) is 0 Å². The van der Waals surface area contributed by atoms with E-state index in [2.05, 4.69) is 0 Å². The molecule has 4 rings (SSSR count). The highest BCUT2D eigenvalue weighted by Crippen LogP contribution is 2.33. The van der Waals surface area contributed by atoms with Gasteiger partial charge in [0.25, 0.3) is 11.5 Å². The van der Waals surface area contributed by atoms with E-state index in [1.807, 2.05) is 6.07 Å². The summed E-state index contributed by atoms with van der Waals surface area (Å²) in [5.74, 6) is -0.643. The molecule has 2 aromatic carbocycles. The van der Waals surface area contributed by atoms with Gasteiger partial charge >= 0.3 is 0 Å². The van der Waals surface area contributed by atoms with Crippen molar-refractivity contribution in [2.24, 2.45) is 0 Å². The van der Waals surface area contributed by atoms with Gasteiger partial charge in [-0.2, -0.15) is 0 Å². The van der Waals surface area contributed by atoms with E-state index in [0.717, 1.165) is 0 Å². The number of carbonyl (C=O) groups excluding carboxylic acids is 1. The molecule has 2 heterocycles. The SMILES string of the molecule is CN(C(=O)c1c(O)c2cccc3c2n(c1=O)CCS3=O)c1ccccc1. The minimum absolute atomic E-state index is 0.245. The lowest BCUT2D eigenvalue weighted by Gasteiger charge is -2.23. The van der Waals surface area contributed by atoms with E-state index in [4.69, 9.17) is 0 Å². The van der Waals surface area contributed by atoms with Gasteiger partial charge in [-0.05, 0) is 24.3 Å². The molecule has 0 aliphatic carbocycles. The second kappa shape index (κ2) is 6.10. The molecular weight excluding hydrogens is 352 g/mol. The van der Waals surface area contributed by atoms with E-state index in [0.29, 0.717) is 27.2 Å². The van der Waals surface area contributed by atoms with Gasteiger partial charge in [0.05, 0.1) is 21.2 Å². The molecule has 1 N–H and O–H groups in total. The molecule has 0 spiro atoms. The molecule has 6 nitrogen and oxygen atoms in total. The van der Waals surface area contributed by atoms with Crippen LogP contribution in [0.3, 0.4) is 0 Å². The standard InChI is InChI=1S/C19H16N2O4S/c1-20(12-6-3-2-4-7-12)18(23)15-17(22)13-8-5-9-14-16(13)21(19(15)24)10-11-26(14)25/h2-9,22H,10-11H2,1H3. The number of amides is 1. The zero-order valence-corrected chi connectivity index (χ0v) is 14.8. The third-order valence-electron chi connectivity index (χ3n) is 4.63. The van der Waals surface area contributed by atoms with Gasteiger partial charge in [-0.1, -0.05) is 24.3 Å². The normalized spacial score (nSPS) is 15.8. The van der Waals surface area contributed by atoms with Gasteiger partial charge in [-0.3, -0.25) is 13.8 Å². The Balaban J connectivity index is 1.97. The van der Waals surface area contributed by atoms with Gasteiger partial charge in [0.15, 0.2) is 0 Å². The number of aryl methyl sites for hydroxylation is 1. The van der Waals surface area contributed by atoms with Crippen molar-refractivity contribution in [3.05, 3.63) is 64.4 Å². The molecule has 1 unspecified atom stereocenters. The Hall–Kier alpha value is -2.93. The van der Waals surface area contributed by atoms with Crippen LogP contribution in [0.5, 0.6) is 5.75 Å². The molecule has 0 saturated carbocycles. The van der Waals surface area contributed by atoms with E-state index in [1.54, 1.807) is 49.5 Å². The summed E-state index contributed by atoms with van der Waals surface area (Å²) in [5.41, 5.74) is 0.226. The largest absolute Gasteiger partial charge is 0.506 e. The summed E-state index contributed by atoms with van der Waals surface area (Å²) in [6.07, 6.45) is 0. The molecule has 0 bridgehead atoms. The number of para-hydroxylation sites is 2. The van der Waals surface area contributed by atoms with E-state index >= 15 is 0 Å². The summed E-state index contributed by atoms with van der Waals surface area (Å²) >= 11 is 0. The lowest BCUT2D eigenvalue weighted by Crippen LogP contribution is -2.36. The van der Waals surface area contributed by atoms with Crippen molar-refractivity contribution in [2.45, 2.75) is 11.4 Å². The van der Waals surface area contributed by atoms with Gasteiger partial charge in [-0.25, -0.2) is 0 Å². The number of anilines is 1. The van der Waals surface area contributed by atoms with Crippen LogP contribution in [0.1, 0.15) is 10.4 Å². The molecule has 132 valence electrons. The van der Waals surface area contributed by atoms with Crippen LogP contribution in [0.25, 0.3) is 10.9 Å². The highest BCUT2D eigenvalue weighted by atomic mass is 32.2. The average molecular weight is 368 g/mol. The first-order valence-corrected chi connectivity index (χ1v) is 9.42. The molecule has 7 heteroatoms. The van der Waals surface area contributed by atoms with Crippen molar-refractivity contribution in [3.63, 3.8) is 0 Å².